The highest BCUT2D eigenvalue weighted by Crippen LogP contribution is 1.85. The lowest BCUT2D eigenvalue weighted by atomic mass is 10.6. The summed E-state index contributed by atoms with van der Waals surface area (Å²) >= 11 is 0. The molecule has 0 rings (SSSR count). The van der Waals surface area contributed by atoms with Gasteiger partial charge in [0.1, 0.15) is 0 Å². The molecule has 0 radical (unpaired) electrons. The van der Waals surface area contributed by atoms with Gasteiger partial charge < -0.3 is 37.9 Å². The van der Waals surface area contributed by atoms with E-state index in [9.17, 15) is 0 Å². The number of methoxy groups -OCH3 is 1. The number of rotatable bonds is 23. The van der Waals surface area contributed by atoms with E-state index >= 15 is 0 Å². The standard InChI is InChI=1S/C18H36O8/c1-3-4-20-7-8-22-11-12-24-15-16-26-18-17-25-14-13-23-10-9-21-6-5-19-2/h3H,1,4-18H2,2H3. The molecule has 0 bridgehead atoms. The van der Waals surface area contributed by atoms with E-state index in [1.165, 1.54) is 0 Å². The van der Waals surface area contributed by atoms with Gasteiger partial charge in [-0.3, -0.25) is 0 Å². The van der Waals surface area contributed by atoms with Crippen molar-refractivity contribution in [2.45, 2.75) is 0 Å². The van der Waals surface area contributed by atoms with E-state index in [4.69, 9.17) is 37.9 Å². The van der Waals surface area contributed by atoms with E-state index in [1.807, 2.05) is 0 Å². The Labute approximate surface area is 157 Å². The second kappa shape index (κ2) is 24.4. The van der Waals surface area contributed by atoms with Gasteiger partial charge in [0.05, 0.1) is 99.1 Å². The maximum Gasteiger partial charge on any atom is 0.0704 e. The van der Waals surface area contributed by atoms with Gasteiger partial charge in [-0.05, 0) is 0 Å². The van der Waals surface area contributed by atoms with Crippen LogP contribution >= 0.6 is 0 Å². The molecule has 8 nitrogen and oxygen atoms in total. The monoisotopic (exact) mass is 380 g/mol. The van der Waals surface area contributed by atoms with Crippen LogP contribution in [0.15, 0.2) is 12.7 Å². The van der Waals surface area contributed by atoms with Crippen molar-refractivity contribution in [1.82, 2.24) is 0 Å². The quantitative estimate of drug-likeness (QED) is 0.192. The third-order valence-corrected chi connectivity index (χ3v) is 2.90. The highest BCUT2D eigenvalue weighted by Gasteiger charge is 1.94. The zero-order valence-electron chi connectivity index (χ0n) is 16.2. The van der Waals surface area contributed by atoms with Crippen molar-refractivity contribution in [3.05, 3.63) is 12.7 Å². The van der Waals surface area contributed by atoms with E-state index in [2.05, 4.69) is 6.58 Å². The topological polar surface area (TPSA) is 73.8 Å². The molecule has 0 atom stereocenters. The molecule has 0 N–H and O–H groups in total. The molecular formula is C18H36O8. The van der Waals surface area contributed by atoms with Crippen LogP contribution in [0.3, 0.4) is 0 Å². The van der Waals surface area contributed by atoms with Crippen LogP contribution < -0.4 is 0 Å². The van der Waals surface area contributed by atoms with Crippen molar-refractivity contribution in [1.29, 1.82) is 0 Å². The average Bonchev–Trinajstić information content (AvgIpc) is 2.66. The Bertz CT molecular complexity index is 266. The predicted octanol–water partition coefficient (Wildman–Crippen LogP) is 0.935. The van der Waals surface area contributed by atoms with E-state index < -0.39 is 0 Å². The molecule has 0 aliphatic rings. The fourth-order valence-electron chi connectivity index (χ4n) is 1.63. The van der Waals surface area contributed by atoms with Crippen molar-refractivity contribution < 1.29 is 37.9 Å². The molecule has 0 saturated carbocycles. The first-order valence-electron chi connectivity index (χ1n) is 9.05. The molecule has 156 valence electrons. The molecule has 0 aliphatic heterocycles. The third kappa shape index (κ3) is 23.4. The summed E-state index contributed by atoms with van der Waals surface area (Å²) in [5.41, 5.74) is 0. The van der Waals surface area contributed by atoms with Crippen LogP contribution in [0, 0.1) is 0 Å². The van der Waals surface area contributed by atoms with E-state index in [-0.39, 0.29) is 0 Å². The molecule has 0 aromatic rings. The average molecular weight is 380 g/mol. The molecule has 0 fully saturated rings. The Morgan fingerprint density at radius 3 is 1.00 bits per heavy atom. The Balaban J connectivity index is 2.96. The summed E-state index contributed by atoms with van der Waals surface area (Å²) in [6.45, 7) is 12.0. The maximum absolute atomic E-state index is 5.40. The van der Waals surface area contributed by atoms with Gasteiger partial charge in [0, 0.05) is 7.11 Å². The summed E-state index contributed by atoms with van der Waals surface area (Å²) in [6.07, 6.45) is 1.71. The predicted molar refractivity (Wildman–Crippen MR) is 97.8 cm³/mol. The Hall–Kier alpha value is -0.580. The summed E-state index contributed by atoms with van der Waals surface area (Å²) < 4.78 is 42.2. The molecule has 26 heavy (non-hydrogen) atoms. The lowest BCUT2D eigenvalue weighted by Crippen LogP contribution is -2.14. The van der Waals surface area contributed by atoms with Crippen molar-refractivity contribution in [3.63, 3.8) is 0 Å². The Morgan fingerprint density at radius 2 is 0.731 bits per heavy atom. The van der Waals surface area contributed by atoms with Crippen LogP contribution in [0.4, 0.5) is 0 Å². The Kier molecular flexibility index (Phi) is 23.9. The van der Waals surface area contributed by atoms with Crippen LogP contribution in [0.5, 0.6) is 0 Å². The van der Waals surface area contributed by atoms with Crippen molar-refractivity contribution in [2.24, 2.45) is 0 Å². The third-order valence-electron chi connectivity index (χ3n) is 2.90. The minimum Gasteiger partial charge on any atom is -0.382 e. The van der Waals surface area contributed by atoms with Gasteiger partial charge in [0.2, 0.25) is 0 Å². The second-order valence-corrected chi connectivity index (χ2v) is 5.03. The van der Waals surface area contributed by atoms with Gasteiger partial charge in [0.15, 0.2) is 0 Å². The summed E-state index contributed by atoms with van der Waals surface area (Å²) in [5.74, 6) is 0. The lowest BCUT2D eigenvalue weighted by molar-refractivity contribution is -0.0215. The van der Waals surface area contributed by atoms with Gasteiger partial charge in [-0.15, -0.1) is 6.58 Å². The van der Waals surface area contributed by atoms with E-state index in [0.717, 1.165) is 0 Å². The minimum atomic E-state index is 0.542. The molecule has 0 heterocycles. The minimum absolute atomic E-state index is 0.542. The number of hydrogen-bond donors (Lipinski definition) is 0. The molecular weight excluding hydrogens is 344 g/mol. The van der Waals surface area contributed by atoms with Crippen molar-refractivity contribution in [3.8, 4) is 0 Å². The zero-order valence-corrected chi connectivity index (χ0v) is 16.2. The fourth-order valence-corrected chi connectivity index (χ4v) is 1.63. The molecule has 0 unspecified atom stereocenters. The van der Waals surface area contributed by atoms with E-state index in [0.29, 0.717) is 99.1 Å². The Morgan fingerprint density at radius 1 is 0.462 bits per heavy atom. The highest BCUT2D eigenvalue weighted by atomic mass is 16.6. The maximum atomic E-state index is 5.40. The van der Waals surface area contributed by atoms with Gasteiger partial charge >= 0.3 is 0 Å². The van der Waals surface area contributed by atoms with Crippen LogP contribution in [0.1, 0.15) is 0 Å². The van der Waals surface area contributed by atoms with Crippen LogP contribution in [-0.2, 0) is 37.9 Å². The smallest absolute Gasteiger partial charge is 0.0704 e. The van der Waals surface area contributed by atoms with Gasteiger partial charge in [-0.2, -0.15) is 0 Å². The van der Waals surface area contributed by atoms with Gasteiger partial charge in [0.25, 0.3) is 0 Å². The normalized spacial score (nSPS) is 11.1. The number of hydrogen-bond acceptors (Lipinski definition) is 8. The van der Waals surface area contributed by atoms with Crippen molar-refractivity contribution in [2.75, 3.05) is 106 Å². The number of ether oxygens (including phenoxy) is 8. The first-order chi connectivity index (χ1) is 12.9. The summed E-state index contributed by atoms with van der Waals surface area (Å²) in [4.78, 5) is 0. The van der Waals surface area contributed by atoms with Crippen LogP contribution in [-0.4, -0.2) is 106 Å². The fraction of sp³-hybridized carbons (Fsp3) is 0.889. The van der Waals surface area contributed by atoms with Crippen molar-refractivity contribution >= 4 is 0 Å². The second-order valence-electron chi connectivity index (χ2n) is 5.03. The molecule has 8 heteroatoms. The largest absolute Gasteiger partial charge is 0.382 e. The van der Waals surface area contributed by atoms with Crippen LogP contribution in [0.25, 0.3) is 0 Å². The van der Waals surface area contributed by atoms with Gasteiger partial charge in [-0.1, -0.05) is 6.08 Å². The zero-order chi connectivity index (χ0) is 19.0. The molecule has 0 aromatic heterocycles. The summed E-state index contributed by atoms with van der Waals surface area (Å²) in [6, 6.07) is 0. The molecule has 0 amide bonds. The summed E-state index contributed by atoms with van der Waals surface area (Å²) in [5, 5.41) is 0. The molecule has 0 aromatic carbocycles. The SMILES string of the molecule is C=CCOCCOCCOCCOCCOCCOCCOCCOC. The first-order valence-corrected chi connectivity index (χ1v) is 9.05. The molecule has 0 saturated heterocycles. The first kappa shape index (κ1) is 25.4. The van der Waals surface area contributed by atoms with Crippen LogP contribution in [0.2, 0.25) is 0 Å². The highest BCUT2D eigenvalue weighted by molar-refractivity contribution is 4.63. The summed E-state index contributed by atoms with van der Waals surface area (Å²) in [7, 11) is 1.65. The van der Waals surface area contributed by atoms with E-state index in [1.54, 1.807) is 13.2 Å². The van der Waals surface area contributed by atoms with Gasteiger partial charge in [-0.25, -0.2) is 0 Å². The molecule has 0 spiro atoms. The lowest BCUT2D eigenvalue weighted by Gasteiger charge is -2.08. The molecule has 0 aliphatic carbocycles.